The van der Waals surface area contributed by atoms with E-state index in [1.165, 1.54) is 6.42 Å². The number of carbonyl (C=O) groups excluding carboxylic acids is 1. The zero-order valence-electron chi connectivity index (χ0n) is 6.96. The molecule has 0 aromatic carbocycles. The van der Waals surface area contributed by atoms with E-state index in [0.29, 0.717) is 10.9 Å². The number of hydrogen-bond donors (Lipinski definition) is 1. The third kappa shape index (κ3) is 0.691. The highest BCUT2D eigenvalue weighted by atomic mass is 79.9. The van der Waals surface area contributed by atoms with Gasteiger partial charge in [-0.15, -0.1) is 0 Å². The Morgan fingerprint density at radius 2 is 2.17 bits per heavy atom. The molecule has 0 aromatic rings. The first kappa shape index (κ1) is 7.36. The van der Waals surface area contributed by atoms with Crippen LogP contribution in [-0.4, -0.2) is 16.8 Å². The lowest BCUT2D eigenvalue weighted by atomic mass is 10.1. The Bertz CT molecular complexity index is 255. The number of amides is 1. The smallest absolute Gasteiger partial charge is 0.217 e. The van der Waals surface area contributed by atoms with Crippen LogP contribution in [0.1, 0.15) is 13.3 Å². The van der Waals surface area contributed by atoms with Gasteiger partial charge >= 0.3 is 0 Å². The van der Waals surface area contributed by atoms with Crippen LogP contribution in [0.4, 0.5) is 0 Å². The minimum absolute atomic E-state index is 0.137. The molecular weight excluding hydrogens is 218 g/mol. The molecule has 4 saturated carbocycles. The Labute approximate surface area is 80.2 Å². The number of nitrogens with one attached hydrogen (secondary N) is 1. The van der Waals surface area contributed by atoms with E-state index in [9.17, 15) is 4.79 Å². The fourth-order valence-corrected chi connectivity index (χ4v) is 4.78. The number of carbonyl (C=O) groups is 1. The van der Waals surface area contributed by atoms with Crippen molar-refractivity contribution in [3.63, 3.8) is 0 Å². The first-order valence-corrected chi connectivity index (χ1v) is 5.53. The fraction of sp³-hybridized carbons (Fsp3) is 0.889. The van der Waals surface area contributed by atoms with E-state index in [1.54, 1.807) is 6.92 Å². The van der Waals surface area contributed by atoms with Crippen LogP contribution in [0.2, 0.25) is 0 Å². The average Bonchev–Trinajstić information content (AvgIpc) is 2.34. The van der Waals surface area contributed by atoms with Crippen molar-refractivity contribution in [2.75, 3.05) is 0 Å². The topological polar surface area (TPSA) is 29.1 Å². The van der Waals surface area contributed by atoms with E-state index in [-0.39, 0.29) is 5.91 Å². The zero-order chi connectivity index (χ0) is 8.46. The molecule has 0 radical (unpaired) electrons. The molecule has 4 aliphatic carbocycles. The molecule has 0 aliphatic heterocycles. The first-order valence-electron chi connectivity index (χ1n) is 4.61. The number of rotatable bonds is 1. The highest BCUT2D eigenvalue weighted by molar-refractivity contribution is 9.09. The van der Waals surface area contributed by atoms with Crippen molar-refractivity contribution >= 4 is 21.8 Å². The summed E-state index contributed by atoms with van der Waals surface area (Å²) in [6, 6.07) is 0.502. The van der Waals surface area contributed by atoms with Crippen LogP contribution in [0.5, 0.6) is 0 Å². The predicted molar refractivity (Wildman–Crippen MR) is 48.9 cm³/mol. The fourth-order valence-electron chi connectivity index (χ4n) is 3.49. The van der Waals surface area contributed by atoms with Crippen molar-refractivity contribution in [2.24, 2.45) is 23.7 Å². The van der Waals surface area contributed by atoms with E-state index in [4.69, 9.17) is 0 Å². The second kappa shape index (κ2) is 2.06. The molecule has 66 valence electrons. The Hall–Kier alpha value is -0.0500. The third-order valence-corrected chi connectivity index (χ3v) is 5.15. The Kier molecular flexibility index (Phi) is 1.26. The molecule has 0 spiro atoms. The number of hydrogen-bond acceptors (Lipinski definition) is 1. The molecule has 0 heterocycles. The largest absolute Gasteiger partial charge is 0.353 e. The minimum atomic E-state index is 0.137. The summed E-state index contributed by atoms with van der Waals surface area (Å²) >= 11 is 3.73. The van der Waals surface area contributed by atoms with Crippen LogP contribution in [0.15, 0.2) is 0 Å². The summed E-state index contributed by atoms with van der Waals surface area (Å²) in [5.41, 5.74) is 0. The molecule has 12 heavy (non-hydrogen) atoms. The summed E-state index contributed by atoms with van der Waals surface area (Å²) in [7, 11) is 0. The number of halogens is 1. The minimum Gasteiger partial charge on any atom is -0.353 e. The van der Waals surface area contributed by atoms with Crippen molar-refractivity contribution < 1.29 is 4.79 Å². The van der Waals surface area contributed by atoms with Crippen molar-refractivity contribution in [1.29, 1.82) is 0 Å². The van der Waals surface area contributed by atoms with Crippen LogP contribution in [-0.2, 0) is 4.79 Å². The van der Waals surface area contributed by atoms with Gasteiger partial charge in [0.15, 0.2) is 0 Å². The van der Waals surface area contributed by atoms with Gasteiger partial charge in [-0.25, -0.2) is 0 Å². The number of alkyl halides is 1. The van der Waals surface area contributed by atoms with Crippen LogP contribution in [0.25, 0.3) is 0 Å². The van der Waals surface area contributed by atoms with Crippen molar-refractivity contribution in [1.82, 2.24) is 5.32 Å². The molecule has 6 atom stereocenters. The monoisotopic (exact) mass is 229 g/mol. The highest BCUT2D eigenvalue weighted by Gasteiger charge is 2.73. The normalized spacial score (nSPS) is 58.8. The van der Waals surface area contributed by atoms with E-state index >= 15 is 0 Å². The van der Waals surface area contributed by atoms with Crippen molar-refractivity contribution in [2.45, 2.75) is 24.2 Å². The van der Waals surface area contributed by atoms with E-state index in [0.717, 1.165) is 23.7 Å². The molecule has 1 amide bonds. The lowest BCUT2D eigenvalue weighted by Gasteiger charge is -2.17. The van der Waals surface area contributed by atoms with Gasteiger partial charge in [-0.1, -0.05) is 15.9 Å². The summed E-state index contributed by atoms with van der Waals surface area (Å²) in [5, 5.41) is 3.09. The SMILES string of the molecule is CC(=O)N[C@@H]1C2C3[C@H]2C[C@H]1[C@@H]3Br. The maximum Gasteiger partial charge on any atom is 0.217 e. The summed E-state index contributed by atoms with van der Waals surface area (Å²) in [6.07, 6.45) is 1.34. The standard InChI is InChI=1S/C9H12BrNO/c1-3(12)11-9-5-2-4-6(7(4)9)8(5)10/h4-9H,2H2,1H3,(H,11,12)/t4-,5+,6?,7?,8+,9+/m1/s1. The van der Waals surface area contributed by atoms with Crippen LogP contribution >= 0.6 is 15.9 Å². The molecule has 3 heteroatoms. The second-order valence-corrected chi connectivity index (χ2v) is 5.45. The molecule has 4 aliphatic rings. The summed E-state index contributed by atoms with van der Waals surface area (Å²) in [4.78, 5) is 11.6. The van der Waals surface area contributed by atoms with Gasteiger partial charge in [-0.05, 0) is 30.1 Å². The Balaban J connectivity index is 1.80. The highest BCUT2D eigenvalue weighted by Crippen LogP contribution is 2.72. The van der Waals surface area contributed by atoms with Gasteiger partial charge in [0.25, 0.3) is 0 Å². The molecule has 4 rings (SSSR count). The molecule has 4 fully saturated rings. The van der Waals surface area contributed by atoms with Gasteiger partial charge in [0.1, 0.15) is 0 Å². The molecule has 2 unspecified atom stereocenters. The van der Waals surface area contributed by atoms with E-state index < -0.39 is 0 Å². The summed E-state index contributed by atoms with van der Waals surface area (Å²) in [6.45, 7) is 1.62. The van der Waals surface area contributed by atoms with Gasteiger partial charge in [-0.3, -0.25) is 4.79 Å². The third-order valence-electron chi connectivity index (χ3n) is 3.86. The van der Waals surface area contributed by atoms with Gasteiger partial charge < -0.3 is 5.32 Å². The molecule has 1 N–H and O–H groups in total. The van der Waals surface area contributed by atoms with Gasteiger partial charge in [0.05, 0.1) is 0 Å². The summed E-state index contributed by atoms with van der Waals surface area (Å²) < 4.78 is 0. The lowest BCUT2D eigenvalue weighted by Crippen LogP contribution is -2.37. The van der Waals surface area contributed by atoms with Crippen LogP contribution in [0.3, 0.4) is 0 Å². The molecule has 0 aromatic heterocycles. The maximum atomic E-state index is 10.9. The molecule has 0 saturated heterocycles. The Morgan fingerprint density at radius 3 is 2.50 bits per heavy atom. The van der Waals surface area contributed by atoms with Crippen LogP contribution < -0.4 is 5.32 Å². The van der Waals surface area contributed by atoms with Crippen LogP contribution in [0, 0.1) is 23.7 Å². The zero-order valence-corrected chi connectivity index (χ0v) is 8.54. The molecule has 4 bridgehead atoms. The first-order chi connectivity index (χ1) is 5.70. The van der Waals surface area contributed by atoms with Gasteiger partial charge in [-0.2, -0.15) is 0 Å². The van der Waals surface area contributed by atoms with Gasteiger partial charge in [0.2, 0.25) is 5.91 Å². The summed E-state index contributed by atoms with van der Waals surface area (Å²) in [5.74, 6) is 3.53. The maximum absolute atomic E-state index is 10.9. The lowest BCUT2D eigenvalue weighted by molar-refractivity contribution is -0.119. The molecule has 2 nitrogen and oxygen atoms in total. The second-order valence-electron chi connectivity index (χ2n) is 4.39. The average molecular weight is 230 g/mol. The van der Waals surface area contributed by atoms with E-state index in [2.05, 4.69) is 21.2 Å². The van der Waals surface area contributed by atoms with Gasteiger partial charge in [0, 0.05) is 17.8 Å². The predicted octanol–water partition coefficient (Wildman–Crippen LogP) is 1.15. The van der Waals surface area contributed by atoms with E-state index in [1.807, 2.05) is 0 Å². The molecular formula is C9H12BrNO. The van der Waals surface area contributed by atoms with Crippen molar-refractivity contribution in [3.8, 4) is 0 Å². The van der Waals surface area contributed by atoms with Crippen molar-refractivity contribution in [3.05, 3.63) is 0 Å². The Morgan fingerprint density at radius 1 is 1.42 bits per heavy atom. The quantitative estimate of drug-likeness (QED) is 0.672.